The van der Waals surface area contributed by atoms with Crippen LogP contribution in [0, 0.1) is 5.92 Å². The molecule has 1 aromatic carbocycles. The lowest BCUT2D eigenvalue weighted by Crippen LogP contribution is -2.16. The van der Waals surface area contributed by atoms with Crippen LogP contribution in [-0.2, 0) is 14.6 Å². The molecule has 1 aliphatic carbocycles. The van der Waals surface area contributed by atoms with Gasteiger partial charge in [0.2, 0.25) is 0 Å². The van der Waals surface area contributed by atoms with Crippen LogP contribution in [0.3, 0.4) is 0 Å². The molecular formula is C21H30O3S. The Balaban J connectivity index is 2.22. The minimum atomic E-state index is -3.18. The molecule has 0 N–H and O–H groups in total. The van der Waals surface area contributed by atoms with E-state index in [2.05, 4.69) is 20.4 Å². The van der Waals surface area contributed by atoms with Crippen molar-refractivity contribution in [3.05, 3.63) is 42.5 Å². The second-order valence-corrected chi connectivity index (χ2v) is 9.38. The first kappa shape index (κ1) is 19.9. The van der Waals surface area contributed by atoms with Gasteiger partial charge >= 0.3 is 0 Å². The van der Waals surface area contributed by atoms with Crippen molar-refractivity contribution in [1.82, 2.24) is 0 Å². The van der Waals surface area contributed by atoms with Crippen LogP contribution in [0.5, 0.6) is 0 Å². The molecule has 0 amide bonds. The van der Waals surface area contributed by atoms with Crippen molar-refractivity contribution in [3.63, 3.8) is 0 Å². The third-order valence-electron chi connectivity index (χ3n) is 5.08. The number of hydrogen-bond acceptors (Lipinski definition) is 3. The lowest BCUT2D eigenvalue weighted by Gasteiger charge is -2.22. The van der Waals surface area contributed by atoms with Crippen molar-refractivity contribution in [1.29, 1.82) is 0 Å². The summed E-state index contributed by atoms with van der Waals surface area (Å²) in [6.07, 6.45) is 8.17. The number of hydrogen-bond donors (Lipinski definition) is 0. The molecule has 0 aromatic heterocycles. The number of ketones is 1. The fourth-order valence-electron chi connectivity index (χ4n) is 3.55. The summed E-state index contributed by atoms with van der Waals surface area (Å²) in [5.74, 6) is 0.312. The van der Waals surface area contributed by atoms with E-state index in [0.29, 0.717) is 10.8 Å². The molecule has 1 saturated carbocycles. The Labute approximate surface area is 152 Å². The lowest BCUT2D eigenvalue weighted by atomic mass is 9.82. The monoisotopic (exact) mass is 362 g/mol. The fraction of sp³-hybridized carbons (Fsp3) is 0.571. The molecule has 2 rings (SSSR count). The number of rotatable bonds is 11. The minimum absolute atomic E-state index is 0.0232. The summed E-state index contributed by atoms with van der Waals surface area (Å²) < 4.78 is 24.7. The van der Waals surface area contributed by atoms with Gasteiger partial charge in [0.25, 0.3) is 0 Å². The maximum absolute atomic E-state index is 12.4. The Kier molecular flexibility index (Phi) is 7.00. The average Bonchev–Trinajstić information content (AvgIpc) is 3.45. The van der Waals surface area contributed by atoms with Gasteiger partial charge in [-0.25, -0.2) is 8.42 Å². The summed E-state index contributed by atoms with van der Waals surface area (Å²) in [6.45, 7) is 7.99. The molecule has 0 saturated heterocycles. The van der Waals surface area contributed by atoms with Crippen molar-refractivity contribution < 1.29 is 13.2 Å². The average molecular weight is 363 g/mol. The molecular weight excluding hydrogens is 332 g/mol. The summed E-state index contributed by atoms with van der Waals surface area (Å²) in [4.78, 5) is 12.8. The highest BCUT2D eigenvalue weighted by molar-refractivity contribution is 7.92. The normalized spacial score (nSPS) is 16.0. The van der Waals surface area contributed by atoms with Gasteiger partial charge in [-0.1, -0.05) is 58.2 Å². The summed E-state index contributed by atoms with van der Waals surface area (Å²) in [5, 5.41) is -0.206. The largest absolute Gasteiger partial charge is 0.294 e. The molecule has 25 heavy (non-hydrogen) atoms. The van der Waals surface area contributed by atoms with Crippen LogP contribution in [-0.4, -0.2) is 19.5 Å². The summed E-state index contributed by atoms with van der Waals surface area (Å²) in [5.41, 5.74) is 0.900. The molecule has 0 spiro atoms. The van der Waals surface area contributed by atoms with Gasteiger partial charge < -0.3 is 0 Å². The van der Waals surface area contributed by atoms with E-state index in [-0.39, 0.29) is 17.0 Å². The maximum Gasteiger partial charge on any atom is 0.181 e. The zero-order valence-corrected chi connectivity index (χ0v) is 16.2. The van der Waals surface area contributed by atoms with Crippen molar-refractivity contribution in [2.75, 3.05) is 0 Å². The number of sulfone groups is 1. The summed E-state index contributed by atoms with van der Waals surface area (Å²) in [7, 11) is -3.18. The van der Waals surface area contributed by atoms with E-state index in [0.717, 1.165) is 50.5 Å². The minimum Gasteiger partial charge on any atom is -0.294 e. The molecule has 0 aliphatic heterocycles. The quantitative estimate of drug-likeness (QED) is 0.517. The van der Waals surface area contributed by atoms with Gasteiger partial charge in [-0.05, 0) is 49.0 Å². The number of carbonyl (C=O) groups is 1. The van der Waals surface area contributed by atoms with Crippen molar-refractivity contribution >= 4 is 15.6 Å². The van der Waals surface area contributed by atoms with E-state index in [4.69, 9.17) is 0 Å². The van der Waals surface area contributed by atoms with Crippen LogP contribution in [0.1, 0.15) is 70.3 Å². The van der Waals surface area contributed by atoms with Crippen LogP contribution in [0.4, 0.5) is 0 Å². The van der Waals surface area contributed by atoms with Crippen LogP contribution < -0.4 is 0 Å². The third-order valence-corrected chi connectivity index (χ3v) is 7.36. The Morgan fingerprint density at radius 2 is 1.72 bits per heavy atom. The third kappa shape index (κ3) is 5.04. The highest BCUT2D eigenvalue weighted by Gasteiger charge is 2.36. The first-order valence-corrected chi connectivity index (χ1v) is 11.0. The van der Waals surface area contributed by atoms with Gasteiger partial charge in [0, 0.05) is 5.92 Å². The van der Waals surface area contributed by atoms with Gasteiger partial charge in [0.15, 0.2) is 15.6 Å². The molecule has 1 unspecified atom stereocenters. The number of carbonyl (C=O) groups excluding carboxylic acids is 1. The SMILES string of the molecule is C=CC(=O)C(CC(CCC)CCC)c1ccc(S(=O)(=O)C2CC2)cc1. The molecule has 1 aromatic rings. The van der Waals surface area contributed by atoms with Crippen LogP contribution in [0.25, 0.3) is 0 Å². The van der Waals surface area contributed by atoms with Gasteiger partial charge in [0.05, 0.1) is 10.1 Å². The summed E-state index contributed by atoms with van der Waals surface area (Å²) in [6, 6.07) is 6.97. The lowest BCUT2D eigenvalue weighted by molar-refractivity contribution is -0.116. The smallest absolute Gasteiger partial charge is 0.181 e. The van der Waals surface area contributed by atoms with E-state index < -0.39 is 9.84 Å². The summed E-state index contributed by atoms with van der Waals surface area (Å²) >= 11 is 0. The maximum atomic E-state index is 12.4. The first-order valence-electron chi connectivity index (χ1n) is 9.44. The Morgan fingerprint density at radius 1 is 1.16 bits per heavy atom. The molecule has 1 fully saturated rings. The first-order chi connectivity index (χ1) is 11.9. The zero-order valence-electron chi connectivity index (χ0n) is 15.4. The predicted octanol–water partition coefficient (Wildman–Crippen LogP) is 5.07. The number of benzene rings is 1. The van der Waals surface area contributed by atoms with Gasteiger partial charge in [-0.2, -0.15) is 0 Å². The second kappa shape index (κ2) is 8.79. The van der Waals surface area contributed by atoms with Crippen LogP contribution >= 0.6 is 0 Å². The molecule has 138 valence electrons. The van der Waals surface area contributed by atoms with Crippen molar-refractivity contribution in [2.24, 2.45) is 5.92 Å². The molecule has 4 heteroatoms. The van der Waals surface area contributed by atoms with E-state index in [1.165, 1.54) is 6.08 Å². The number of allylic oxidation sites excluding steroid dienone is 1. The zero-order chi connectivity index (χ0) is 18.4. The van der Waals surface area contributed by atoms with Crippen LogP contribution in [0.15, 0.2) is 41.8 Å². The molecule has 0 heterocycles. The Morgan fingerprint density at radius 3 is 2.16 bits per heavy atom. The van der Waals surface area contributed by atoms with E-state index >= 15 is 0 Å². The highest BCUT2D eigenvalue weighted by atomic mass is 32.2. The second-order valence-electron chi connectivity index (χ2n) is 7.15. The molecule has 0 bridgehead atoms. The van der Waals surface area contributed by atoms with Crippen molar-refractivity contribution in [3.8, 4) is 0 Å². The van der Waals surface area contributed by atoms with E-state index in [9.17, 15) is 13.2 Å². The molecule has 1 atom stereocenters. The Hall–Kier alpha value is -1.42. The highest BCUT2D eigenvalue weighted by Crippen LogP contribution is 2.35. The van der Waals surface area contributed by atoms with Crippen molar-refractivity contribution in [2.45, 2.75) is 74.9 Å². The topological polar surface area (TPSA) is 51.2 Å². The fourth-order valence-corrected chi connectivity index (χ4v) is 5.21. The predicted molar refractivity (Wildman–Crippen MR) is 103 cm³/mol. The molecule has 0 radical (unpaired) electrons. The van der Waals surface area contributed by atoms with Gasteiger partial charge in [-0.15, -0.1) is 0 Å². The standard InChI is InChI=1S/C21H30O3S/c1-4-7-16(8-5-2)15-20(21(22)6-3)17-9-11-18(12-10-17)25(23,24)19-13-14-19/h6,9-12,16,19-20H,3-5,7-8,13-15H2,1-2H3. The van der Waals surface area contributed by atoms with Gasteiger partial charge in [0.1, 0.15) is 0 Å². The molecule has 3 nitrogen and oxygen atoms in total. The Bertz CT molecular complexity index is 678. The van der Waals surface area contributed by atoms with E-state index in [1.807, 2.05) is 12.1 Å². The molecule has 1 aliphatic rings. The van der Waals surface area contributed by atoms with Gasteiger partial charge in [-0.3, -0.25) is 4.79 Å². The van der Waals surface area contributed by atoms with Crippen LogP contribution in [0.2, 0.25) is 0 Å². The van der Waals surface area contributed by atoms with E-state index in [1.54, 1.807) is 12.1 Å².